The first-order chi connectivity index (χ1) is 4.90. The topological polar surface area (TPSA) is 37.3 Å². The van der Waals surface area contributed by atoms with Crippen molar-refractivity contribution in [3.8, 4) is 0 Å². The minimum atomic E-state index is -1.46. The zero-order chi connectivity index (χ0) is 8.65. The van der Waals surface area contributed by atoms with Gasteiger partial charge in [-0.3, -0.25) is 0 Å². The third-order valence-electron chi connectivity index (χ3n) is 2.11. The van der Waals surface area contributed by atoms with E-state index in [4.69, 9.17) is 5.11 Å². The summed E-state index contributed by atoms with van der Waals surface area (Å²) >= 11 is -1.46. The molecule has 3 heteroatoms. The van der Waals surface area contributed by atoms with Crippen LogP contribution in [0.3, 0.4) is 0 Å². The molecule has 1 rings (SSSR count). The van der Waals surface area contributed by atoms with E-state index in [1.54, 1.807) is 0 Å². The molecule has 1 aliphatic carbocycles. The number of carbonyl (C=O) groups is 1. The summed E-state index contributed by atoms with van der Waals surface area (Å²) in [5.41, 5.74) is 0. The molecular weight excluding hydrogens is 201 g/mol. The van der Waals surface area contributed by atoms with Crippen molar-refractivity contribution >= 4 is 19.2 Å². The van der Waals surface area contributed by atoms with Crippen molar-refractivity contribution < 1.29 is 9.90 Å². The molecule has 0 radical (unpaired) electrons. The van der Waals surface area contributed by atoms with Crippen molar-refractivity contribution in [2.24, 2.45) is 11.8 Å². The van der Waals surface area contributed by atoms with Gasteiger partial charge >= 0.3 is 69.9 Å². The van der Waals surface area contributed by atoms with Gasteiger partial charge in [0.05, 0.1) is 0 Å². The van der Waals surface area contributed by atoms with Crippen LogP contribution in [0.25, 0.3) is 0 Å². The predicted molar refractivity (Wildman–Crippen MR) is 47.4 cm³/mol. The first kappa shape index (κ1) is 9.10. The van der Waals surface area contributed by atoms with Crippen LogP contribution in [-0.2, 0) is 4.79 Å². The minimum absolute atomic E-state index is 0.0137. The molecule has 1 N–H and O–H groups in total. The third-order valence-corrected chi connectivity index (χ3v) is 5.78. The average Bonchev–Trinajstić information content (AvgIpc) is 2.40. The van der Waals surface area contributed by atoms with E-state index in [1.807, 2.05) is 0 Å². The van der Waals surface area contributed by atoms with E-state index in [2.05, 4.69) is 17.3 Å². The molecule has 0 aromatic carbocycles. The molecule has 0 aromatic heterocycles. The van der Waals surface area contributed by atoms with Gasteiger partial charge in [-0.1, -0.05) is 0 Å². The summed E-state index contributed by atoms with van der Waals surface area (Å²) in [6.07, 6.45) is 0.942. The van der Waals surface area contributed by atoms with Gasteiger partial charge < -0.3 is 0 Å². The second kappa shape index (κ2) is 2.81. The molecule has 0 amide bonds. The van der Waals surface area contributed by atoms with Gasteiger partial charge in [-0.2, -0.15) is 0 Å². The van der Waals surface area contributed by atoms with E-state index >= 15 is 0 Å². The molecule has 0 heterocycles. The summed E-state index contributed by atoms with van der Waals surface area (Å²) in [5, 5.41) is 9.87. The second-order valence-electron chi connectivity index (χ2n) is 4.71. The van der Waals surface area contributed by atoms with Gasteiger partial charge in [0, 0.05) is 0 Å². The van der Waals surface area contributed by atoms with Crippen LogP contribution in [0.2, 0.25) is 22.5 Å². The quantitative estimate of drug-likeness (QED) is 0.734. The maximum atomic E-state index is 10.5. The van der Waals surface area contributed by atoms with Crippen LogP contribution in [0.4, 0.5) is 0 Å². The van der Waals surface area contributed by atoms with Crippen molar-refractivity contribution in [1.82, 2.24) is 0 Å². The number of rotatable bonds is 3. The van der Waals surface area contributed by atoms with Crippen molar-refractivity contribution in [1.29, 1.82) is 0 Å². The summed E-state index contributed by atoms with van der Waals surface area (Å²) in [6, 6.07) is 0. The Kier molecular flexibility index (Phi) is 2.33. The summed E-state index contributed by atoms with van der Waals surface area (Å²) in [7, 11) is 0. The molecule has 64 valence electrons. The fourth-order valence-corrected chi connectivity index (χ4v) is 5.81. The second-order valence-corrected chi connectivity index (χ2v) is 16.3. The van der Waals surface area contributed by atoms with Crippen molar-refractivity contribution in [3.63, 3.8) is 0 Å². The number of carboxylic acids is 1. The molecule has 2 nitrogen and oxygen atoms in total. The first-order valence-electron chi connectivity index (χ1n) is 4.13. The molecule has 1 aliphatic rings. The van der Waals surface area contributed by atoms with E-state index in [-0.39, 0.29) is 5.92 Å². The molecule has 2 unspecified atom stereocenters. The monoisotopic (exact) mass is 218 g/mol. The molecule has 2 atom stereocenters. The molecule has 0 aromatic rings. The Hall–Kier alpha value is 0.0129. The molecule has 0 spiro atoms. The summed E-state index contributed by atoms with van der Waals surface area (Å²) in [6.45, 7) is 0. The van der Waals surface area contributed by atoms with E-state index in [0.29, 0.717) is 5.92 Å². The number of hydrogen-bond acceptors (Lipinski definition) is 1. The Morgan fingerprint density at radius 1 is 1.55 bits per heavy atom. The molecular formula is C8H16GeO2. The predicted octanol–water partition coefficient (Wildman–Crippen LogP) is 2.05. The third kappa shape index (κ3) is 2.85. The van der Waals surface area contributed by atoms with Crippen LogP contribution < -0.4 is 0 Å². The Labute approximate surface area is 70.3 Å². The fraction of sp³-hybridized carbons (Fsp3) is 0.875. The van der Waals surface area contributed by atoms with E-state index in [9.17, 15) is 4.79 Å². The summed E-state index contributed by atoms with van der Waals surface area (Å²) < 4.78 is 0. The molecule has 11 heavy (non-hydrogen) atoms. The van der Waals surface area contributed by atoms with E-state index in [0.717, 1.165) is 6.42 Å². The van der Waals surface area contributed by atoms with Gasteiger partial charge in [0.1, 0.15) is 0 Å². The molecule has 0 bridgehead atoms. The maximum absolute atomic E-state index is 10.5. The van der Waals surface area contributed by atoms with Crippen LogP contribution in [0, 0.1) is 11.8 Å². The summed E-state index contributed by atoms with van der Waals surface area (Å²) in [4.78, 5) is 10.5. The first-order valence-corrected chi connectivity index (χ1v) is 11.9. The Balaban J connectivity index is 2.29. The number of aliphatic carboxylic acids is 1. The van der Waals surface area contributed by atoms with E-state index < -0.39 is 19.2 Å². The van der Waals surface area contributed by atoms with Gasteiger partial charge in [-0.15, -0.1) is 0 Å². The fourth-order valence-electron chi connectivity index (χ4n) is 1.56. The zero-order valence-corrected chi connectivity index (χ0v) is 9.52. The molecule has 0 saturated heterocycles. The Bertz CT molecular complexity index is 171. The van der Waals surface area contributed by atoms with Gasteiger partial charge in [0.25, 0.3) is 0 Å². The normalized spacial score (nSPS) is 30.1. The van der Waals surface area contributed by atoms with Crippen molar-refractivity contribution in [2.45, 2.75) is 28.9 Å². The number of carboxylic acid groups (broad SMARTS) is 1. The van der Waals surface area contributed by atoms with Crippen LogP contribution in [0.15, 0.2) is 0 Å². The van der Waals surface area contributed by atoms with Crippen LogP contribution in [-0.4, -0.2) is 24.3 Å². The standard InChI is InChI=1S/C8H16GeO2/c1-9(2,3)5-6-4-7(6)8(10)11/h6-7H,4-5H2,1-3H3,(H,10,11). The zero-order valence-electron chi connectivity index (χ0n) is 7.42. The van der Waals surface area contributed by atoms with Gasteiger partial charge in [-0.25, -0.2) is 0 Å². The van der Waals surface area contributed by atoms with Crippen molar-refractivity contribution in [2.75, 3.05) is 0 Å². The summed E-state index contributed by atoms with van der Waals surface area (Å²) in [5.74, 6) is 7.00. The van der Waals surface area contributed by atoms with Gasteiger partial charge in [0.15, 0.2) is 0 Å². The molecule has 0 aliphatic heterocycles. The van der Waals surface area contributed by atoms with Crippen LogP contribution in [0.1, 0.15) is 6.42 Å². The van der Waals surface area contributed by atoms with Gasteiger partial charge in [-0.05, 0) is 0 Å². The Morgan fingerprint density at radius 2 is 2.09 bits per heavy atom. The number of hydrogen-bond donors (Lipinski definition) is 1. The average molecular weight is 217 g/mol. The van der Waals surface area contributed by atoms with Gasteiger partial charge in [0.2, 0.25) is 0 Å². The van der Waals surface area contributed by atoms with Crippen molar-refractivity contribution in [3.05, 3.63) is 0 Å². The van der Waals surface area contributed by atoms with E-state index in [1.165, 1.54) is 5.25 Å². The SMILES string of the molecule is [CH3][Ge]([CH3])([CH3])[CH2]C1CC1C(=O)O. The molecule has 1 saturated carbocycles. The Morgan fingerprint density at radius 3 is 2.36 bits per heavy atom. The van der Waals surface area contributed by atoms with Crippen LogP contribution in [0.5, 0.6) is 0 Å². The molecule has 1 fully saturated rings. The van der Waals surface area contributed by atoms with Crippen LogP contribution >= 0.6 is 0 Å².